The van der Waals surface area contributed by atoms with E-state index in [1.54, 1.807) is 10.6 Å². The molecule has 164 valence electrons. The summed E-state index contributed by atoms with van der Waals surface area (Å²) < 4.78 is 37.3. The van der Waals surface area contributed by atoms with Gasteiger partial charge >= 0.3 is 18.3 Å². The fraction of sp³-hybridized carbons (Fsp3) is 0.526. The molecule has 2 heterocycles. The van der Waals surface area contributed by atoms with Crippen molar-refractivity contribution in [3.05, 3.63) is 40.1 Å². The number of halogens is 2. The number of rotatable bonds is 9. The van der Waals surface area contributed by atoms with Crippen molar-refractivity contribution in [3.8, 4) is 11.5 Å². The quantitative estimate of drug-likeness (QED) is 0.598. The Morgan fingerprint density at radius 2 is 2.10 bits per heavy atom. The molecule has 0 radical (unpaired) electrons. The molecule has 1 aromatic carbocycles. The van der Waals surface area contributed by atoms with E-state index in [-0.39, 0.29) is 29.8 Å². The van der Waals surface area contributed by atoms with Gasteiger partial charge in [-0.15, -0.1) is 0 Å². The van der Waals surface area contributed by atoms with Crippen LogP contribution in [0.2, 0.25) is 0 Å². The second-order valence-electron chi connectivity index (χ2n) is 6.86. The van der Waals surface area contributed by atoms with Gasteiger partial charge in [0.15, 0.2) is 11.5 Å². The van der Waals surface area contributed by atoms with Gasteiger partial charge in [0.2, 0.25) is 0 Å². The Kier molecular flexibility index (Phi) is 7.26. The molecule has 1 aromatic heterocycles. The zero-order valence-corrected chi connectivity index (χ0v) is 16.7. The molecule has 1 aliphatic rings. The molecule has 0 saturated carbocycles. The molecule has 0 atom stereocenters. The van der Waals surface area contributed by atoms with Crippen LogP contribution in [0.15, 0.2) is 23.0 Å². The smallest absolute Gasteiger partial charge is 0.387 e. The number of carbonyl (C=O) groups is 1. The summed E-state index contributed by atoms with van der Waals surface area (Å²) in [6.07, 6.45) is 3.43. The van der Waals surface area contributed by atoms with E-state index >= 15 is 0 Å². The fourth-order valence-electron chi connectivity index (χ4n) is 3.29. The molecule has 0 spiro atoms. The van der Waals surface area contributed by atoms with Gasteiger partial charge in [0, 0.05) is 32.6 Å². The highest BCUT2D eigenvalue weighted by molar-refractivity contribution is 5.73. The number of nitrogens with zero attached hydrogens (tertiary/aromatic N) is 3. The van der Waals surface area contributed by atoms with Crippen LogP contribution < -0.4 is 25.8 Å². The van der Waals surface area contributed by atoms with Crippen molar-refractivity contribution >= 4 is 6.03 Å². The molecule has 11 heteroatoms. The van der Waals surface area contributed by atoms with Crippen molar-refractivity contribution < 1.29 is 23.0 Å². The SMILES string of the molecule is COc1cc(CNC(=O)NCCCn2nc3n(c2=O)CCCC3)ccc1OC(F)F. The highest BCUT2D eigenvalue weighted by Crippen LogP contribution is 2.29. The first-order chi connectivity index (χ1) is 14.5. The molecule has 2 N–H and O–H groups in total. The van der Waals surface area contributed by atoms with Gasteiger partial charge in [0.05, 0.1) is 7.11 Å². The third-order valence-electron chi connectivity index (χ3n) is 4.76. The van der Waals surface area contributed by atoms with Gasteiger partial charge in [0.25, 0.3) is 0 Å². The third-order valence-corrected chi connectivity index (χ3v) is 4.76. The molecular formula is C19H25F2N5O4. The van der Waals surface area contributed by atoms with Gasteiger partial charge in [-0.25, -0.2) is 14.3 Å². The standard InChI is InChI=1S/C19H25F2N5O4/c1-29-15-11-13(6-7-14(15)30-17(20)21)12-23-18(27)22-8-4-10-26-19(28)25-9-3-2-5-16(25)24-26/h6-7,11,17H,2-5,8-10,12H2,1H3,(H2,22,23,27). The molecule has 0 saturated heterocycles. The summed E-state index contributed by atoms with van der Waals surface area (Å²) in [6.45, 7) is -1.23. The van der Waals surface area contributed by atoms with Crippen LogP contribution in [0.5, 0.6) is 11.5 Å². The van der Waals surface area contributed by atoms with E-state index in [1.165, 1.54) is 23.9 Å². The second kappa shape index (κ2) is 10.1. The first-order valence-corrected chi connectivity index (χ1v) is 9.78. The van der Waals surface area contributed by atoms with Gasteiger partial charge in [0.1, 0.15) is 5.82 Å². The number of amides is 2. The fourth-order valence-corrected chi connectivity index (χ4v) is 3.29. The minimum atomic E-state index is -2.95. The van der Waals surface area contributed by atoms with Gasteiger partial charge in [-0.1, -0.05) is 6.07 Å². The number of ether oxygens (including phenoxy) is 2. The molecule has 0 aliphatic carbocycles. The number of fused-ring (bicyclic) bond motifs is 1. The first-order valence-electron chi connectivity index (χ1n) is 9.78. The Labute approximate surface area is 172 Å². The maximum Gasteiger partial charge on any atom is 0.387 e. The van der Waals surface area contributed by atoms with Crippen LogP contribution in [0.25, 0.3) is 0 Å². The first kappa shape index (κ1) is 21.6. The molecule has 30 heavy (non-hydrogen) atoms. The van der Waals surface area contributed by atoms with E-state index in [0.29, 0.717) is 25.1 Å². The van der Waals surface area contributed by atoms with E-state index in [4.69, 9.17) is 4.74 Å². The molecule has 0 fully saturated rings. The van der Waals surface area contributed by atoms with Gasteiger partial charge in [-0.05, 0) is 37.0 Å². The minimum Gasteiger partial charge on any atom is -0.493 e. The van der Waals surface area contributed by atoms with Crippen LogP contribution in [0.4, 0.5) is 13.6 Å². The molecular weight excluding hydrogens is 400 g/mol. The summed E-state index contributed by atoms with van der Waals surface area (Å²) in [7, 11) is 1.35. The number of nitrogens with one attached hydrogen (secondary N) is 2. The lowest BCUT2D eigenvalue weighted by molar-refractivity contribution is -0.0512. The van der Waals surface area contributed by atoms with Gasteiger partial charge in [-0.2, -0.15) is 13.9 Å². The summed E-state index contributed by atoms with van der Waals surface area (Å²) in [5.74, 6) is 0.914. The Morgan fingerprint density at radius 3 is 2.83 bits per heavy atom. The number of aromatic nitrogens is 3. The van der Waals surface area contributed by atoms with Gasteiger partial charge in [-0.3, -0.25) is 4.57 Å². The zero-order valence-electron chi connectivity index (χ0n) is 16.7. The number of aryl methyl sites for hydroxylation is 2. The predicted octanol–water partition coefficient (Wildman–Crippen LogP) is 1.88. The molecule has 0 bridgehead atoms. The van der Waals surface area contributed by atoms with Crippen LogP contribution >= 0.6 is 0 Å². The van der Waals surface area contributed by atoms with Crippen molar-refractivity contribution in [1.82, 2.24) is 25.0 Å². The highest BCUT2D eigenvalue weighted by Gasteiger charge is 2.16. The Morgan fingerprint density at radius 1 is 1.27 bits per heavy atom. The molecule has 0 unspecified atom stereocenters. The topological polar surface area (TPSA) is 99.4 Å². The monoisotopic (exact) mass is 425 g/mol. The number of hydrogen-bond donors (Lipinski definition) is 2. The Hall–Kier alpha value is -3.11. The summed E-state index contributed by atoms with van der Waals surface area (Å²) in [4.78, 5) is 24.2. The molecule has 1 aliphatic heterocycles. The van der Waals surface area contributed by atoms with Crippen molar-refractivity contribution in [2.45, 2.75) is 51.9 Å². The lowest BCUT2D eigenvalue weighted by Gasteiger charge is -2.12. The lowest BCUT2D eigenvalue weighted by Crippen LogP contribution is -2.36. The predicted molar refractivity (Wildman–Crippen MR) is 104 cm³/mol. The van der Waals surface area contributed by atoms with E-state index in [0.717, 1.165) is 31.6 Å². The van der Waals surface area contributed by atoms with Crippen molar-refractivity contribution in [3.63, 3.8) is 0 Å². The van der Waals surface area contributed by atoms with Crippen LogP contribution in [-0.4, -0.2) is 40.6 Å². The Balaban J connectivity index is 1.41. The molecule has 2 amide bonds. The average Bonchev–Trinajstić information content (AvgIpc) is 3.06. The number of hydrogen-bond acceptors (Lipinski definition) is 5. The van der Waals surface area contributed by atoms with Crippen LogP contribution in [0.3, 0.4) is 0 Å². The van der Waals surface area contributed by atoms with Crippen LogP contribution in [0, 0.1) is 0 Å². The number of carbonyl (C=O) groups excluding carboxylic acids is 1. The lowest BCUT2D eigenvalue weighted by atomic mass is 10.2. The van der Waals surface area contributed by atoms with Crippen molar-refractivity contribution in [1.29, 1.82) is 0 Å². The van der Waals surface area contributed by atoms with E-state index in [1.807, 2.05) is 0 Å². The van der Waals surface area contributed by atoms with Crippen molar-refractivity contribution in [2.75, 3.05) is 13.7 Å². The largest absolute Gasteiger partial charge is 0.493 e. The van der Waals surface area contributed by atoms with E-state index < -0.39 is 6.61 Å². The number of benzene rings is 1. The average molecular weight is 425 g/mol. The summed E-state index contributed by atoms with van der Waals surface area (Å²) >= 11 is 0. The summed E-state index contributed by atoms with van der Waals surface area (Å²) in [6, 6.07) is 4.07. The van der Waals surface area contributed by atoms with Crippen LogP contribution in [-0.2, 0) is 26.1 Å². The maximum absolute atomic E-state index is 12.4. The zero-order chi connectivity index (χ0) is 21.5. The third kappa shape index (κ3) is 5.49. The molecule has 3 rings (SSSR count). The minimum absolute atomic E-state index is 0.0723. The summed E-state index contributed by atoms with van der Waals surface area (Å²) in [5, 5.41) is 9.75. The summed E-state index contributed by atoms with van der Waals surface area (Å²) in [5.41, 5.74) is 0.570. The number of urea groups is 1. The number of alkyl halides is 2. The highest BCUT2D eigenvalue weighted by atomic mass is 19.3. The van der Waals surface area contributed by atoms with Gasteiger partial charge < -0.3 is 20.1 Å². The second-order valence-corrected chi connectivity index (χ2v) is 6.86. The number of methoxy groups -OCH3 is 1. The Bertz CT molecular complexity index is 928. The van der Waals surface area contributed by atoms with Crippen LogP contribution in [0.1, 0.15) is 30.7 Å². The molecule has 9 nitrogen and oxygen atoms in total. The van der Waals surface area contributed by atoms with E-state index in [2.05, 4.69) is 20.5 Å². The van der Waals surface area contributed by atoms with Crippen molar-refractivity contribution in [2.24, 2.45) is 0 Å². The normalized spacial score (nSPS) is 13.1. The molecule has 2 aromatic rings. The maximum atomic E-state index is 12.4. The van der Waals surface area contributed by atoms with E-state index in [9.17, 15) is 18.4 Å².